The highest BCUT2D eigenvalue weighted by Gasteiger charge is 2.32. The number of imide groups is 1. The Morgan fingerprint density at radius 1 is 1.00 bits per heavy atom. The zero-order chi connectivity index (χ0) is 21.4. The monoisotopic (exact) mass is 416 g/mol. The Labute approximate surface area is 170 Å². The SMILES string of the molecule is COc1ccc(N2C(=O)CCC2=O)cc1S(=O)(=O)Nc1ccccc1C(C)(C)C. The van der Waals surface area contributed by atoms with Crippen LogP contribution in [0, 0.1) is 0 Å². The van der Waals surface area contributed by atoms with Crippen LogP contribution >= 0.6 is 0 Å². The van der Waals surface area contributed by atoms with Gasteiger partial charge in [0, 0.05) is 12.8 Å². The number of sulfonamides is 1. The van der Waals surface area contributed by atoms with Crippen LogP contribution in [0.2, 0.25) is 0 Å². The van der Waals surface area contributed by atoms with Crippen molar-refractivity contribution < 1.29 is 22.7 Å². The second kappa shape index (κ2) is 7.51. The maximum absolute atomic E-state index is 13.2. The molecule has 2 aromatic rings. The first-order chi connectivity index (χ1) is 13.5. The molecule has 0 spiro atoms. The lowest BCUT2D eigenvalue weighted by Crippen LogP contribution is -2.29. The van der Waals surface area contributed by atoms with Gasteiger partial charge in [-0.1, -0.05) is 39.0 Å². The van der Waals surface area contributed by atoms with E-state index in [4.69, 9.17) is 4.74 Å². The Kier molecular flexibility index (Phi) is 5.40. The normalized spacial score (nSPS) is 15.0. The lowest BCUT2D eigenvalue weighted by Gasteiger charge is -2.24. The van der Waals surface area contributed by atoms with E-state index in [1.807, 2.05) is 32.9 Å². The van der Waals surface area contributed by atoms with Gasteiger partial charge in [-0.15, -0.1) is 0 Å². The molecule has 8 heteroatoms. The van der Waals surface area contributed by atoms with Gasteiger partial charge in [-0.25, -0.2) is 8.42 Å². The van der Waals surface area contributed by atoms with Gasteiger partial charge < -0.3 is 4.74 Å². The van der Waals surface area contributed by atoms with E-state index in [-0.39, 0.29) is 46.4 Å². The van der Waals surface area contributed by atoms with Crippen LogP contribution < -0.4 is 14.4 Å². The van der Waals surface area contributed by atoms with Crippen LogP contribution in [0.15, 0.2) is 47.4 Å². The molecule has 1 aliphatic rings. The minimum Gasteiger partial charge on any atom is -0.495 e. The van der Waals surface area contributed by atoms with Gasteiger partial charge in [-0.2, -0.15) is 0 Å². The standard InChI is InChI=1S/C21H24N2O5S/c1-21(2,3)15-7-5-6-8-16(15)22-29(26,27)18-13-14(9-10-17(18)28-4)23-19(24)11-12-20(23)25/h5-10,13,22H,11-12H2,1-4H3. The molecule has 0 atom stereocenters. The minimum atomic E-state index is -4.05. The van der Waals surface area contributed by atoms with Crippen molar-refractivity contribution in [1.29, 1.82) is 0 Å². The molecule has 1 heterocycles. The molecule has 2 aromatic carbocycles. The average Bonchev–Trinajstić information content (AvgIpc) is 2.99. The molecule has 29 heavy (non-hydrogen) atoms. The Morgan fingerprint density at radius 2 is 1.62 bits per heavy atom. The quantitative estimate of drug-likeness (QED) is 0.754. The van der Waals surface area contributed by atoms with Crippen LogP contribution in [-0.2, 0) is 25.0 Å². The lowest BCUT2D eigenvalue weighted by molar-refractivity contribution is -0.121. The predicted octanol–water partition coefficient (Wildman–Crippen LogP) is 3.45. The number of nitrogens with zero attached hydrogens (tertiary/aromatic N) is 1. The molecule has 0 aromatic heterocycles. The Hall–Kier alpha value is -2.87. The fourth-order valence-electron chi connectivity index (χ4n) is 3.30. The van der Waals surface area contributed by atoms with E-state index in [9.17, 15) is 18.0 Å². The number of methoxy groups -OCH3 is 1. The Balaban J connectivity index is 2.06. The maximum atomic E-state index is 13.2. The maximum Gasteiger partial charge on any atom is 0.265 e. The van der Waals surface area contributed by atoms with E-state index >= 15 is 0 Å². The van der Waals surface area contributed by atoms with E-state index < -0.39 is 10.0 Å². The second-order valence-corrected chi connectivity index (χ2v) is 9.51. The van der Waals surface area contributed by atoms with Gasteiger partial charge in [-0.3, -0.25) is 19.2 Å². The number of amides is 2. The van der Waals surface area contributed by atoms with E-state index in [1.165, 1.54) is 25.3 Å². The summed E-state index contributed by atoms with van der Waals surface area (Å²) >= 11 is 0. The summed E-state index contributed by atoms with van der Waals surface area (Å²) in [5.74, 6) is -0.585. The summed E-state index contributed by atoms with van der Waals surface area (Å²) in [6.07, 6.45) is 0.230. The van der Waals surface area contributed by atoms with Crippen LogP contribution in [-0.4, -0.2) is 27.3 Å². The zero-order valence-electron chi connectivity index (χ0n) is 16.9. The summed E-state index contributed by atoms with van der Waals surface area (Å²) in [6, 6.07) is 11.4. The molecule has 1 aliphatic heterocycles. The smallest absolute Gasteiger partial charge is 0.265 e. The summed E-state index contributed by atoms with van der Waals surface area (Å²) in [4.78, 5) is 25.0. The number of hydrogen-bond donors (Lipinski definition) is 1. The molecular formula is C21H24N2O5S. The Bertz CT molecular complexity index is 1050. The third kappa shape index (κ3) is 4.12. The predicted molar refractivity (Wildman–Crippen MR) is 111 cm³/mol. The van der Waals surface area contributed by atoms with Crippen molar-refractivity contribution in [1.82, 2.24) is 0 Å². The summed E-state index contributed by atoms with van der Waals surface area (Å²) in [6.45, 7) is 5.98. The molecule has 7 nitrogen and oxygen atoms in total. The number of benzene rings is 2. The number of hydrogen-bond acceptors (Lipinski definition) is 5. The van der Waals surface area contributed by atoms with Crippen molar-refractivity contribution in [2.24, 2.45) is 0 Å². The number of para-hydroxylation sites is 1. The average molecular weight is 416 g/mol. The molecule has 1 fully saturated rings. The van der Waals surface area contributed by atoms with Crippen LogP contribution in [0.1, 0.15) is 39.2 Å². The third-order valence-electron chi connectivity index (χ3n) is 4.73. The van der Waals surface area contributed by atoms with Gasteiger partial charge in [0.15, 0.2) is 0 Å². The number of rotatable bonds is 5. The van der Waals surface area contributed by atoms with Crippen molar-refractivity contribution in [3.05, 3.63) is 48.0 Å². The molecule has 1 N–H and O–H groups in total. The van der Waals surface area contributed by atoms with Crippen LogP contribution in [0.5, 0.6) is 5.75 Å². The number of ether oxygens (including phenoxy) is 1. The summed E-state index contributed by atoms with van der Waals surface area (Å²) in [7, 11) is -2.69. The van der Waals surface area contributed by atoms with Crippen molar-refractivity contribution in [2.45, 2.75) is 43.9 Å². The van der Waals surface area contributed by atoms with Crippen LogP contribution in [0.25, 0.3) is 0 Å². The second-order valence-electron chi connectivity index (χ2n) is 7.86. The molecule has 0 bridgehead atoms. The number of carbonyl (C=O) groups is 2. The highest BCUT2D eigenvalue weighted by atomic mass is 32.2. The van der Waals surface area contributed by atoms with E-state index in [2.05, 4.69) is 4.72 Å². The third-order valence-corrected chi connectivity index (χ3v) is 6.11. The number of nitrogens with one attached hydrogen (secondary N) is 1. The van der Waals surface area contributed by atoms with Crippen molar-refractivity contribution in [3.63, 3.8) is 0 Å². The first kappa shape index (κ1) is 20.9. The van der Waals surface area contributed by atoms with E-state index in [0.717, 1.165) is 10.5 Å². The van der Waals surface area contributed by atoms with Gasteiger partial charge in [0.2, 0.25) is 11.8 Å². The minimum absolute atomic E-state index is 0.115. The lowest BCUT2D eigenvalue weighted by atomic mass is 9.86. The van der Waals surface area contributed by atoms with Crippen molar-refractivity contribution in [3.8, 4) is 5.75 Å². The molecule has 0 unspecified atom stereocenters. The fourth-order valence-corrected chi connectivity index (χ4v) is 4.57. The topological polar surface area (TPSA) is 92.8 Å². The first-order valence-electron chi connectivity index (χ1n) is 9.21. The van der Waals surface area contributed by atoms with Gasteiger partial charge >= 0.3 is 0 Å². The molecule has 2 amide bonds. The van der Waals surface area contributed by atoms with Gasteiger partial charge in [0.25, 0.3) is 10.0 Å². The molecule has 3 rings (SSSR count). The highest BCUT2D eigenvalue weighted by molar-refractivity contribution is 7.92. The fraction of sp³-hybridized carbons (Fsp3) is 0.333. The molecule has 0 saturated carbocycles. The summed E-state index contributed by atoms with van der Waals surface area (Å²) in [5, 5.41) is 0. The largest absolute Gasteiger partial charge is 0.495 e. The van der Waals surface area contributed by atoms with Gasteiger partial charge in [0.1, 0.15) is 10.6 Å². The number of carbonyl (C=O) groups excluding carboxylic acids is 2. The summed E-state index contributed by atoms with van der Waals surface area (Å²) < 4.78 is 34.3. The van der Waals surface area contributed by atoms with Crippen molar-refractivity contribution in [2.75, 3.05) is 16.7 Å². The van der Waals surface area contributed by atoms with Gasteiger partial charge in [0.05, 0.1) is 18.5 Å². The summed E-state index contributed by atoms with van der Waals surface area (Å²) in [5.41, 5.74) is 1.23. The van der Waals surface area contributed by atoms with Crippen LogP contribution in [0.3, 0.4) is 0 Å². The number of anilines is 2. The highest BCUT2D eigenvalue weighted by Crippen LogP contribution is 2.35. The molecule has 0 radical (unpaired) electrons. The van der Waals surface area contributed by atoms with E-state index in [1.54, 1.807) is 12.1 Å². The van der Waals surface area contributed by atoms with Crippen molar-refractivity contribution >= 4 is 33.2 Å². The molecule has 1 saturated heterocycles. The van der Waals surface area contributed by atoms with E-state index in [0.29, 0.717) is 5.69 Å². The zero-order valence-corrected chi connectivity index (χ0v) is 17.7. The first-order valence-corrected chi connectivity index (χ1v) is 10.7. The van der Waals surface area contributed by atoms with Crippen LogP contribution in [0.4, 0.5) is 11.4 Å². The molecular weight excluding hydrogens is 392 g/mol. The van der Waals surface area contributed by atoms with Gasteiger partial charge in [-0.05, 0) is 35.2 Å². The molecule has 154 valence electrons. The Morgan fingerprint density at radius 3 is 2.21 bits per heavy atom. The molecule has 0 aliphatic carbocycles.